The fourth-order valence-electron chi connectivity index (χ4n) is 5.07. The van der Waals surface area contributed by atoms with E-state index in [-0.39, 0.29) is 11.0 Å². The largest absolute Gasteiger partial charge is 0.375 e. The first-order valence-electron chi connectivity index (χ1n) is 10.4. The Labute approximate surface area is 162 Å². The number of aromatic nitrogens is 2. The molecular formula is C23H31N3O. The molecule has 2 aliphatic rings. The molecule has 0 bridgehead atoms. The van der Waals surface area contributed by atoms with Crippen molar-refractivity contribution in [3.63, 3.8) is 0 Å². The van der Waals surface area contributed by atoms with E-state index in [0.29, 0.717) is 0 Å². The van der Waals surface area contributed by atoms with Crippen LogP contribution in [-0.2, 0) is 16.7 Å². The van der Waals surface area contributed by atoms with Gasteiger partial charge in [-0.3, -0.25) is 9.97 Å². The van der Waals surface area contributed by atoms with E-state index in [1.54, 1.807) is 0 Å². The molecule has 4 heteroatoms. The van der Waals surface area contributed by atoms with Gasteiger partial charge in [-0.2, -0.15) is 0 Å². The monoisotopic (exact) mass is 365 g/mol. The van der Waals surface area contributed by atoms with Crippen LogP contribution in [0.15, 0.2) is 42.7 Å². The van der Waals surface area contributed by atoms with E-state index in [1.807, 2.05) is 25.4 Å². The first-order valence-corrected chi connectivity index (χ1v) is 10.4. The average Bonchev–Trinajstić information content (AvgIpc) is 3.13. The Morgan fingerprint density at radius 1 is 1.07 bits per heavy atom. The maximum Gasteiger partial charge on any atom is 0.0691 e. The van der Waals surface area contributed by atoms with Gasteiger partial charge in [0.1, 0.15) is 0 Å². The minimum Gasteiger partial charge on any atom is -0.375 e. The number of rotatable bonds is 6. The Morgan fingerprint density at radius 3 is 2.74 bits per heavy atom. The van der Waals surface area contributed by atoms with Crippen LogP contribution in [0.2, 0.25) is 0 Å². The Kier molecular flexibility index (Phi) is 5.55. The number of ether oxygens (including phenoxy) is 1. The van der Waals surface area contributed by atoms with Crippen molar-refractivity contribution >= 4 is 0 Å². The van der Waals surface area contributed by atoms with E-state index in [0.717, 1.165) is 44.7 Å². The molecule has 0 radical (unpaired) electrons. The van der Waals surface area contributed by atoms with Crippen molar-refractivity contribution in [3.8, 4) is 0 Å². The summed E-state index contributed by atoms with van der Waals surface area (Å²) >= 11 is 0. The molecule has 144 valence electrons. The molecule has 2 fully saturated rings. The van der Waals surface area contributed by atoms with Gasteiger partial charge in [-0.25, -0.2) is 0 Å². The number of nitrogens with one attached hydrogen (secondary N) is 1. The van der Waals surface area contributed by atoms with E-state index in [1.165, 1.54) is 36.9 Å². The van der Waals surface area contributed by atoms with E-state index in [2.05, 4.69) is 34.6 Å². The van der Waals surface area contributed by atoms with E-state index >= 15 is 0 Å². The number of hydrogen-bond donors (Lipinski definition) is 1. The van der Waals surface area contributed by atoms with Crippen LogP contribution in [-0.4, -0.2) is 28.7 Å². The second kappa shape index (κ2) is 8.07. The molecule has 4 nitrogen and oxygen atoms in total. The zero-order valence-electron chi connectivity index (χ0n) is 16.4. The lowest BCUT2D eigenvalue weighted by Gasteiger charge is -2.46. The molecule has 1 saturated heterocycles. The Morgan fingerprint density at radius 2 is 1.96 bits per heavy atom. The van der Waals surface area contributed by atoms with Crippen LogP contribution >= 0.6 is 0 Å². The molecule has 2 aromatic heterocycles. The number of hydrogen-bond acceptors (Lipinski definition) is 4. The summed E-state index contributed by atoms with van der Waals surface area (Å²) in [5.41, 5.74) is 3.85. The summed E-state index contributed by atoms with van der Waals surface area (Å²) < 4.78 is 6.34. The summed E-state index contributed by atoms with van der Waals surface area (Å²) in [5, 5.41) is 3.65. The molecule has 2 aromatic rings. The summed E-state index contributed by atoms with van der Waals surface area (Å²) in [6.45, 7) is 4.79. The predicted octanol–water partition coefficient (Wildman–Crippen LogP) is 4.33. The molecule has 1 aliphatic heterocycles. The highest BCUT2D eigenvalue weighted by Gasteiger charge is 2.48. The normalized spacial score (nSPS) is 24.3. The van der Waals surface area contributed by atoms with Gasteiger partial charge in [0, 0.05) is 42.3 Å². The van der Waals surface area contributed by atoms with Gasteiger partial charge in [0.05, 0.1) is 5.60 Å². The molecule has 1 spiro atoms. The molecule has 0 amide bonds. The van der Waals surface area contributed by atoms with E-state index in [4.69, 9.17) is 9.72 Å². The molecule has 3 heterocycles. The van der Waals surface area contributed by atoms with Crippen molar-refractivity contribution in [2.45, 2.75) is 69.4 Å². The zero-order chi connectivity index (χ0) is 18.6. The van der Waals surface area contributed by atoms with E-state index < -0.39 is 0 Å². The highest BCUT2D eigenvalue weighted by Crippen LogP contribution is 2.49. The number of aryl methyl sites for hydroxylation is 1. The number of pyridine rings is 2. The maximum atomic E-state index is 6.34. The lowest BCUT2D eigenvalue weighted by molar-refractivity contribution is -0.104. The van der Waals surface area contributed by atoms with Crippen LogP contribution in [0.1, 0.15) is 61.9 Å². The van der Waals surface area contributed by atoms with Gasteiger partial charge in [-0.1, -0.05) is 18.9 Å². The second-order valence-electron chi connectivity index (χ2n) is 8.39. The highest BCUT2D eigenvalue weighted by atomic mass is 16.5. The summed E-state index contributed by atoms with van der Waals surface area (Å²) in [5.74, 6) is 0. The lowest BCUT2D eigenvalue weighted by Crippen LogP contribution is -2.47. The van der Waals surface area contributed by atoms with Crippen molar-refractivity contribution in [1.29, 1.82) is 0 Å². The van der Waals surface area contributed by atoms with Gasteiger partial charge in [0.15, 0.2) is 0 Å². The minimum atomic E-state index is 0.0952. The Bertz CT molecular complexity index is 742. The van der Waals surface area contributed by atoms with Gasteiger partial charge in [-0.05, 0) is 75.4 Å². The fraction of sp³-hybridized carbons (Fsp3) is 0.565. The molecule has 27 heavy (non-hydrogen) atoms. The smallest absolute Gasteiger partial charge is 0.0691 e. The van der Waals surface area contributed by atoms with Gasteiger partial charge in [0.2, 0.25) is 0 Å². The molecule has 1 N–H and O–H groups in total. The summed E-state index contributed by atoms with van der Waals surface area (Å²) in [6.07, 6.45) is 12.2. The van der Waals surface area contributed by atoms with Gasteiger partial charge < -0.3 is 10.1 Å². The summed E-state index contributed by atoms with van der Waals surface area (Å²) in [7, 11) is 0. The van der Waals surface area contributed by atoms with Crippen LogP contribution < -0.4 is 5.32 Å². The van der Waals surface area contributed by atoms with Crippen molar-refractivity contribution in [2.75, 3.05) is 13.2 Å². The first kappa shape index (κ1) is 18.6. The Balaban J connectivity index is 1.45. The van der Waals surface area contributed by atoms with Gasteiger partial charge >= 0.3 is 0 Å². The summed E-state index contributed by atoms with van der Waals surface area (Å²) in [4.78, 5) is 9.07. The van der Waals surface area contributed by atoms with Gasteiger partial charge in [-0.15, -0.1) is 0 Å². The summed E-state index contributed by atoms with van der Waals surface area (Å²) in [6, 6.07) is 10.6. The first-order chi connectivity index (χ1) is 13.2. The molecule has 1 saturated carbocycles. The predicted molar refractivity (Wildman–Crippen MR) is 108 cm³/mol. The Hall–Kier alpha value is -1.78. The third kappa shape index (κ3) is 4.22. The molecule has 4 rings (SSSR count). The van der Waals surface area contributed by atoms with Gasteiger partial charge in [0.25, 0.3) is 0 Å². The molecule has 0 unspecified atom stereocenters. The van der Waals surface area contributed by atoms with Crippen LogP contribution in [0.4, 0.5) is 0 Å². The minimum absolute atomic E-state index is 0.0952. The van der Waals surface area contributed by atoms with Crippen molar-refractivity contribution < 1.29 is 4.74 Å². The lowest BCUT2D eigenvalue weighted by atomic mass is 9.68. The van der Waals surface area contributed by atoms with Crippen LogP contribution in [0.3, 0.4) is 0 Å². The fourth-order valence-corrected chi connectivity index (χ4v) is 5.07. The molecule has 1 atom stereocenters. The molecular weight excluding hydrogens is 334 g/mol. The van der Waals surface area contributed by atoms with Crippen LogP contribution in [0, 0.1) is 6.92 Å². The van der Waals surface area contributed by atoms with Crippen LogP contribution in [0.5, 0.6) is 0 Å². The van der Waals surface area contributed by atoms with Crippen molar-refractivity contribution in [1.82, 2.24) is 15.3 Å². The standard InChI is InChI=1S/C23H31N3O/c1-19-16-20(7-13-25-19)17-24-14-10-22(21-6-2-5-12-26-21)11-15-27-23(18-22)8-3-4-9-23/h2,5-7,12-13,16,24H,3-4,8-11,14-15,17-18H2,1H3/t22-/m0/s1. The van der Waals surface area contributed by atoms with Crippen molar-refractivity contribution in [3.05, 3.63) is 59.7 Å². The molecule has 1 aliphatic carbocycles. The second-order valence-corrected chi connectivity index (χ2v) is 8.39. The quantitative estimate of drug-likeness (QED) is 0.774. The third-order valence-electron chi connectivity index (χ3n) is 6.44. The molecule has 0 aromatic carbocycles. The topological polar surface area (TPSA) is 47.0 Å². The van der Waals surface area contributed by atoms with Crippen molar-refractivity contribution in [2.24, 2.45) is 0 Å². The SMILES string of the molecule is Cc1cc(CNCC[C@]2(c3ccccn3)CCOC3(CCCC3)C2)ccn1. The number of nitrogens with zero attached hydrogens (tertiary/aromatic N) is 2. The third-order valence-corrected chi connectivity index (χ3v) is 6.44. The van der Waals surface area contributed by atoms with E-state index in [9.17, 15) is 0 Å². The maximum absolute atomic E-state index is 6.34. The highest BCUT2D eigenvalue weighted by molar-refractivity contribution is 5.21. The average molecular weight is 366 g/mol. The zero-order valence-corrected chi connectivity index (χ0v) is 16.4. The van der Waals surface area contributed by atoms with Crippen LogP contribution in [0.25, 0.3) is 0 Å².